The van der Waals surface area contributed by atoms with Crippen LogP contribution in [0.1, 0.15) is 56.0 Å². The molecule has 1 saturated heterocycles. The van der Waals surface area contributed by atoms with Crippen LogP contribution in [0.3, 0.4) is 0 Å². The first kappa shape index (κ1) is 20.7. The Morgan fingerprint density at radius 3 is 2.60 bits per heavy atom. The second-order valence-electron chi connectivity index (χ2n) is 8.43. The van der Waals surface area contributed by atoms with E-state index in [-0.39, 0.29) is 17.6 Å². The molecule has 4 rings (SSSR count). The van der Waals surface area contributed by atoms with Crippen molar-refractivity contribution in [2.24, 2.45) is 0 Å². The summed E-state index contributed by atoms with van der Waals surface area (Å²) in [6, 6.07) is 8.61. The van der Waals surface area contributed by atoms with Crippen molar-refractivity contribution >= 4 is 17.4 Å². The summed E-state index contributed by atoms with van der Waals surface area (Å²) in [5.74, 6) is 1.30. The molecule has 1 unspecified atom stereocenters. The highest BCUT2D eigenvalue weighted by molar-refractivity contribution is 5.96. The third-order valence-corrected chi connectivity index (χ3v) is 6.32. The van der Waals surface area contributed by atoms with Crippen LogP contribution in [0.25, 0.3) is 0 Å². The molecule has 1 saturated carbocycles. The summed E-state index contributed by atoms with van der Waals surface area (Å²) in [6.45, 7) is 1.25. The number of hydrogen-bond donors (Lipinski definition) is 1. The zero-order chi connectivity index (χ0) is 21.1. The molecule has 1 amide bonds. The van der Waals surface area contributed by atoms with Gasteiger partial charge in [0.25, 0.3) is 0 Å². The van der Waals surface area contributed by atoms with Crippen molar-refractivity contribution in [3.8, 4) is 0 Å². The van der Waals surface area contributed by atoms with Gasteiger partial charge in [-0.1, -0.05) is 19.3 Å². The highest BCUT2D eigenvalue weighted by atomic mass is 19.1. The smallest absolute Gasteiger partial charge is 0.227 e. The first-order valence-corrected chi connectivity index (χ1v) is 10.9. The van der Waals surface area contributed by atoms with Gasteiger partial charge in [-0.15, -0.1) is 0 Å². The number of amides is 1. The number of nitrogens with one attached hydrogen (secondary N) is 1. The van der Waals surface area contributed by atoms with Crippen molar-refractivity contribution in [2.45, 2.75) is 57.0 Å². The molecule has 2 aliphatic rings. The summed E-state index contributed by atoms with van der Waals surface area (Å²) in [6.07, 6.45) is 6.79. The van der Waals surface area contributed by atoms with Crippen LogP contribution in [0.5, 0.6) is 0 Å². The molecule has 0 radical (unpaired) electrons. The van der Waals surface area contributed by atoms with Crippen molar-refractivity contribution in [3.05, 3.63) is 47.7 Å². The number of nitrogens with zero attached hydrogens (tertiary/aromatic N) is 4. The fraction of sp³-hybridized carbons (Fsp3) is 0.522. The second-order valence-corrected chi connectivity index (χ2v) is 8.43. The number of benzene rings is 1. The zero-order valence-corrected chi connectivity index (χ0v) is 17.8. The van der Waals surface area contributed by atoms with Crippen LogP contribution in [0.4, 0.5) is 15.9 Å². The van der Waals surface area contributed by atoms with Gasteiger partial charge in [-0.05, 0) is 44.2 Å². The average Bonchev–Trinajstić information content (AvgIpc) is 3.16. The predicted molar refractivity (Wildman–Crippen MR) is 116 cm³/mol. The molecular formula is C23H30FN5O. The lowest BCUT2D eigenvalue weighted by molar-refractivity contribution is -0.117. The Hall–Kier alpha value is -2.54. The Morgan fingerprint density at radius 1 is 1.17 bits per heavy atom. The maximum atomic E-state index is 13.2. The topological polar surface area (TPSA) is 61.4 Å². The molecule has 1 aromatic heterocycles. The summed E-state index contributed by atoms with van der Waals surface area (Å²) < 4.78 is 13.2. The molecule has 1 N–H and O–H groups in total. The molecule has 2 aromatic rings. The first-order valence-electron chi connectivity index (χ1n) is 10.9. The van der Waals surface area contributed by atoms with Gasteiger partial charge in [0.15, 0.2) is 0 Å². The van der Waals surface area contributed by atoms with E-state index in [1.165, 1.54) is 44.2 Å². The molecule has 1 aliphatic carbocycles. The maximum absolute atomic E-state index is 13.2. The molecule has 1 aromatic carbocycles. The van der Waals surface area contributed by atoms with Crippen molar-refractivity contribution in [1.82, 2.24) is 14.9 Å². The standard InChI is InChI=1S/C23H30FN5O/c1-25-21-13-20(26-22(27-21)15-28(2)18-6-4-3-5-7-18)16-12-23(30)29(14-16)19-10-8-17(24)9-11-19/h8-11,13,16,18H,3-7,12,14-15H2,1-2H3,(H,25,26,27). The number of aromatic nitrogens is 2. The third-order valence-electron chi connectivity index (χ3n) is 6.32. The van der Waals surface area contributed by atoms with Crippen LogP contribution in [0, 0.1) is 5.82 Å². The van der Waals surface area contributed by atoms with Gasteiger partial charge in [-0.3, -0.25) is 9.69 Å². The fourth-order valence-corrected chi connectivity index (χ4v) is 4.58. The molecule has 160 valence electrons. The van der Waals surface area contributed by atoms with Crippen LogP contribution in [0.15, 0.2) is 30.3 Å². The van der Waals surface area contributed by atoms with Crippen molar-refractivity contribution in [1.29, 1.82) is 0 Å². The molecule has 7 heteroatoms. The third kappa shape index (κ3) is 4.61. The molecule has 0 bridgehead atoms. The monoisotopic (exact) mass is 411 g/mol. The van der Waals surface area contributed by atoms with E-state index in [0.29, 0.717) is 25.6 Å². The lowest BCUT2D eigenvalue weighted by atomic mass is 9.94. The molecule has 1 aliphatic heterocycles. The molecule has 2 heterocycles. The molecule has 2 fully saturated rings. The van der Waals surface area contributed by atoms with Gasteiger partial charge in [0, 0.05) is 43.7 Å². The van der Waals surface area contributed by atoms with E-state index in [2.05, 4.69) is 22.2 Å². The van der Waals surface area contributed by atoms with Gasteiger partial charge in [0.05, 0.1) is 12.2 Å². The van der Waals surface area contributed by atoms with Gasteiger partial charge in [-0.2, -0.15) is 0 Å². The Morgan fingerprint density at radius 2 is 1.90 bits per heavy atom. The molecule has 6 nitrogen and oxygen atoms in total. The number of rotatable bonds is 6. The van der Waals surface area contributed by atoms with Crippen molar-refractivity contribution < 1.29 is 9.18 Å². The van der Waals surface area contributed by atoms with Gasteiger partial charge in [-0.25, -0.2) is 14.4 Å². The summed E-state index contributed by atoms with van der Waals surface area (Å²) >= 11 is 0. The SMILES string of the molecule is CNc1cc(C2CC(=O)N(c3ccc(F)cc3)C2)nc(CN(C)C2CCCCC2)n1. The Labute approximate surface area is 177 Å². The lowest BCUT2D eigenvalue weighted by Crippen LogP contribution is -2.33. The molecule has 1 atom stereocenters. The van der Waals surface area contributed by atoms with Crippen molar-refractivity contribution in [3.63, 3.8) is 0 Å². The minimum Gasteiger partial charge on any atom is -0.373 e. The summed E-state index contributed by atoms with van der Waals surface area (Å²) in [5, 5.41) is 3.13. The van der Waals surface area contributed by atoms with Gasteiger partial charge >= 0.3 is 0 Å². The minimum atomic E-state index is -0.303. The lowest BCUT2D eigenvalue weighted by Gasteiger charge is -2.30. The van der Waals surface area contributed by atoms with Crippen LogP contribution in [-0.4, -0.2) is 47.5 Å². The van der Waals surface area contributed by atoms with E-state index in [1.807, 2.05) is 13.1 Å². The number of carbonyl (C=O) groups is 1. The van der Waals surface area contributed by atoms with E-state index in [4.69, 9.17) is 4.98 Å². The molecule has 0 spiro atoms. The largest absolute Gasteiger partial charge is 0.373 e. The fourth-order valence-electron chi connectivity index (χ4n) is 4.58. The Bertz CT molecular complexity index is 882. The van der Waals surface area contributed by atoms with Crippen molar-refractivity contribution in [2.75, 3.05) is 30.9 Å². The van der Waals surface area contributed by atoms with Crippen LogP contribution < -0.4 is 10.2 Å². The normalized spacial score (nSPS) is 20.2. The first-order chi connectivity index (χ1) is 14.5. The highest BCUT2D eigenvalue weighted by Crippen LogP contribution is 2.32. The number of halogens is 1. The Kier molecular flexibility index (Phi) is 6.27. The van der Waals surface area contributed by atoms with E-state index in [9.17, 15) is 9.18 Å². The van der Waals surface area contributed by atoms with E-state index < -0.39 is 0 Å². The van der Waals surface area contributed by atoms with Gasteiger partial charge in [0.1, 0.15) is 17.5 Å². The van der Waals surface area contributed by atoms with Gasteiger partial charge in [0.2, 0.25) is 5.91 Å². The van der Waals surface area contributed by atoms with E-state index in [1.54, 1.807) is 17.0 Å². The van der Waals surface area contributed by atoms with E-state index in [0.717, 1.165) is 23.0 Å². The molecular weight excluding hydrogens is 381 g/mol. The maximum Gasteiger partial charge on any atom is 0.227 e. The van der Waals surface area contributed by atoms with Crippen LogP contribution in [0.2, 0.25) is 0 Å². The zero-order valence-electron chi connectivity index (χ0n) is 17.8. The minimum absolute atomic E-state index is 0.00334. The van der Waals surface area contributed by atoms with Gasteiger partial charge < -0.3 is 10.2 Å². The quantitative estimate of drug-likeness (QED) is 0.780. The summed E-state index contributed by atoms with van der Waals surface area (Å²) in [7, 11) is 4.01. The number of carbonyl (C=O) groups excluding carboxylic acids is 1. The predicted octanol–water partition coefficient (Wildman–Crippen LogP) is 3.94. The molecule has 30 heavy (non-hydrogen) atoms. The Balaban J connectivity index is 1.51. The summed E-state index contributed by atoms with van der Waals surface area (Å²) in [4.78, 5) is 26.2. The summed E-state index contributed by atoms with van der Waals surface area (Å²) in [5.41, 5.74) is 1.61. The van der Waals surface area contributed by atoms with E-state index >= 15 is 0 Å². The van der Waals surface area contributed by atoms with Crippen LogP contribution >= 0.6 is 0 Å². The second kappa shape index (κ2) is 9.08. The highest BCUT2D eigenvalue weighted by Gasteiger charge is 2.33. The van der Waals surface area contributed by atoms with Crippen LogP contribution in [-0.2, 0) is 11.3 Å². The average molecular weight is 412 g/mol. The number of anilines is 2. The number of hydrogen-bond acceptors (Lipinski definition) is 5.